The van der Waals surface area contributed by atoms with Gasteiger partial charge in [0.1, 0.15) is 6.10 Å². The molecule has 8 nitrogen and oxygen atoms in total. The summed E-state index contributed by atoms with van der Waals surface area (Å²) in [5.74, 6) is -0.190. The average molecular weight is 358 g/mol. The number of amides is 1. The normalized spacial score (nSPS) is 17.4. The van der Waals surface area contributed by atoms with Crippen molar-refractivity contribution < 1.29 is 17.9 Å². The van der Waals surface area contributed by atoms with Crippen molar-refractivity contribution in [3.8, 4) is 0 Å². The highest BCUT2D eigenvalue weighted by atomic mass is 32.2. The number of nitrogens with zero attached hydrogens (tertiary/aromatic N) is 3. The van der Waals surface area contributed by atoms with E-state index in [4.69, 9.17) is 4.74 Å². The highest BCUT2D eigenvalue weighted by molar-refractivity contribution is 7.88. The maximum Gasteiger partial charge on any atom is 0.249 e. The second-order valence-electron chi connectivity index (χ2n) is 6.35. The Balaban J connectivity index is 1.99. The molecule has 0 unspecified atom stereocenters. The van der Waals surface area contributed by atoms with Gasteiger partial charge in [-0.3, -0.25) is 9.48 Å². The zero-order chi connectivity index (χ0) is 17.9. The van der Waals surface area contributed by atoms with Crippen LogP contribution in [0.3, 0.4) is 0 Å². The van der Waals surface area contributed by atoms with Crippen molar-refractivity contribution in [2.45, 2.75) is 59.0 Å². The number of aromatic nitrogens is 2. The average Bonchev–Trinajstić information content (AvgIpc) is 2.73. The summed E-state index contributed by atoms with van der Waals surface area (Å²) in [6.45, 7) is 7.24. The number of sulfonamides is 1. The second kappa shape index (κ2) is 7.62. The molecule has 136 valence electrons. The lowest BCUT2D eigenvalue weighted by molar-refractivity contribution is -0.134. The van der Waals surface area contributed by atoms with Gasteiger partial charge in [-0.05, 0) is 33.3 Å². The first-order valence-corrected chi connectivity index (χ1v) is 9.95. The molecule has 2 heterocycles. The van der Waals surface area contributed by atoms with Crippen LogP contribution < -0.4 is 5.32 Å². The minimum Gasteiger partial charge on any atom is -0.366 e. The van der Waals surface area contributed by atoms with Crippen molar-refractivity contribution in [3.05, 3.63) is 17.5 Å². The standard InChI is InChI=1S/C15H26N4O4S/c1-11(2)23-12(3)15(20)16-9-13-8-14-10-18(24(4,21)22)6-5-7-19(14)17-13/h8,11-12H,5-7,9-10H2,1-4H3,(H,16,20)/t12-/m0/s1. The van der Waals surface area contributed by atoms with Gasteiger partial charge in [-0.1, -0.05) is 0 Å². The molecule has 1 atom stereocenters. The molecule has 0 saturated heterocycles. The molecule has 0 saturated carbocycles. The third kappa shape index (κ3) is 5.02. The number of rotatable bonds is 6. The molecule has 1 amide bonds. The zero-order valence-electron chi connectivity index (χ0n) is 14.7. The first kappa shape index (κ1) is 18.9. The summed E-state index contributed by atoms with van der Waals surface area (Å²) in [6.07, 6.45) is 1.39. The van der Waals surface area contributed by atoms with Gasteiger partial charge in [-0.25, -0.2) is 8.42 Å². The van der Waals surface area contributed by atoms with E-state index in [1.807, 2.05) is 24.6 Å². The molecule has 0 aromatic carbocycles. The predicted octanol–water partition coefficient (Wildman–Crippen LogP) is 0.478. The molecule has 0 fully saturated rings. The second-order valence-corrected chi connectivity index (χ2v) is 8.33. The molecule has 1 aromatic rings. The van der Waals surface area contributed by atoms with E-state index in [0.29, 0.717) is 38.3 Å². The first-order valence-electron chi connectivity index (χ1n) is 8.10. The molecule has 0 aliphatic carbocycles. The van der Waals surface area contributed by atoms with Crippen LogP contribution in [0.2, 0.25) is 0 Å². The van der Waals surface area contributed by atoms with Gasteiger partial charge in [-0.2, -0.15) is 9.40 Å². The lowest BCUT2D eigenvalue weighted by atomic mass is 10.3. The smallest absolute Gasteiger partial charge is 0.249 e. The van der Waals surface area contributed by atoms with Crippen LogP contribution in [0.5, 0.6) is 0 Å². The van der Waals surface area contributed by atoms with Gasteiger partial charge in [0.05, 0.1) is 36.8 Å². The van der Waals surface area contributed by atoms with Gasteiger partial charge in [-0.15, -0.1) is 0 Å². The molecule has 0 radical (unpaired) electrons. The Morgan fingerprint density at radius 3 is 2.71 bits per heavy atom. The van der Waals surface area contributed by atoms with Gasteiger partial charge in [0.15, 0.2) is 0 Å². The Bertz CT molecular complexity index is 684. The molecule has 0 spiro atoms. The van der Waals surface area contributed by atoms with E-state index in [9.17, 15) is 13.2 Å². The lowest BCUT2D eigenvalue weighted by Crippen LogP contribution is -2.35. The number of aryl methyl sites for hydroxylation is 1. The largest absolute Gasteiger partial charge is 0.366 e. The Hall–Kier alpha value is -1.45. The van der Waals surface area contributed by atoms with Crippen LogP contribution >= 0.6 is 0 Å². The molecule has 9 heteroatoms. The number of ether oxygens (including phenoxy) is 1. The summed E-state index contributed by atoms with van der Waals surface area (Å²) >= 11 is 0. The molecule has 1 aromatic heterocycles. The monoisotopic (exact) mass is 358 g/mol. The van der Waals surface area contributed by atoms with Gasteiger partial charge < -0.3 is 10.1 Å². The van der Waals surface area contributed by atoms with Crippen LogP contribution in [-0.4, -0.2) is 53.4 Å². The Kier molecular flexibility index (Phi) is 6.00. The molecule has 24 heavy (non-hydrogen) atoms. The SMILES string of the molecule is CC(C)O[C@@H](C)C(=O)NCc1cc2n(n1)CCCN(S(C)(=O)=O)C2. The topological polar surface area (TPSA) is 93.5 Å². The van der Waals surface area contributed by atoms with Crippen molar-refractivity contribution in [2.75, 3.05) is 12.8 Å². The number of fused-ring (bicyclic) bond motifs is 1. The third-order valence-corrected chi connectivity index (χ3v) is 5.04. The van der Waals surface area contributed by atoms with E-state index in [2.05, 4.69) is 10.4 Å². The van der Waals surface area contributed by atoms with Gasteiger partial charge in [0.2, 0.25) is 15.9 Å². The maximum atomic E-state index is 12.0. The van der Waals surface area contributed by atoms with E-state index >= 15 is 0 Å². The van der Waals surface area contributed by atoms with Crippen molar-refractivity contribution in [2.24, 2.45) is 0 Å². The predicted molar refractivity (Wildman–Crippen MR) is 89.6 cm³/mol. The van der Waals surface area contributed by atoms with E-state index in [1.165, 1.54) is 10.6 Å². The fraction of sp³-hybridized carbons (Fsp3) is 0.733. The maximum absolute atomic E-state index is 12.0. The highest BCUT2D eigenvalue weighted by Crippen LogP contribution is 2.16. The summed E-state index contributed by atoms with van der Waals surface area (Å²) in [4.78, 5) is 12.0. The van der Waals surface area contributed by atoms with E-state index in [-0.39, 0.29) is 12.0 Å². The molecule has 1 aliphatic rings. The van der Waals surface area contributed by atoms with Crippen LogP contribution in [0.4, 0.5) is 0 Å². The summed E-state index contributed by atoms with van der Waals surface area (Å²) in [5.41, 5.74) is 1.55. The van der Waals surface area contributed by atoms with Crippen molar-refractivity contribution in [1.82, 2.24) is 19.4 Å². The fourth-order valence-corrected chi connectivity index (χ4v) is 3.48. The van der Waals surface area contributed by atoms with Gasteiger partial charge in [0, 0.05) is 13.1 Å². The number of carbonyl (C=O) groups is 1. The van der Waals surface area contributed by atoms with Crippen molar-refractivity contribution >= 4 is 15.9 Å². The molecule has 1 aliphatic heterocycles. The molecular formula is C15H26N4O4S. The minimum absolute atomic E-state index is 0.0172. The quantitative estimate of drug-likeness (QED) is 0.798. The van der Waals surface area contributed by atoms with Crippen molar-refractivity contribution in [1.29, 1.82) is 0 Å². The summed E-state index contributed by atoms with van der Waals surface area (Å²) in [7, 11) is -3.23. The van der Waals surface area contributed by atoms with Crippen LogP contribution in [0.1, 0.15) is 38.6 Å². The zero-order valence-corrected chi connectivity index (χ0v) is 15.5. The highest BCUT2D eigenvalue weighted by Gasteiger charge is 2.23. The fourth-order valence-electron chi connectivity index (χ4n) is 2.65. The van der Waals surface area contributed by atoms with Crippen LogP contribution in [0, 0.1) is 0 Å². The van der Waals surface area contributed by atoms with E-state index in [1.54, 1.807) is 6.92 Å². The summed E-state index contributed by atoms with van der Waals surface area (Å²) in [6, 6.07) is 1.84. The molecular weight excluding hydrogens is 332 g/mol. The number of hydrogen-bond acceptors (Lipinski definition) is 5. The Morgan fingerprint density at radius 2 is 2.08 bits per heavy atom. The third-order valence-electron chi connectivity index (χ3n) is 3.79. The van der Waals surface area contributed by atoms with E-state index in [0.717, 1.165) is 5.69 Å². The van der Waals surface area contributed by atoms with Crippen LogP contribution in [0.25, 0.3) is 0 Å². The summed E-state index contributed by atoms with van der Waals surface area (Å²) in [5, 5.41) is 7.26. The molecule has 0 bridgehead atoms. The van der Waals surface area contributed by atoms with Crippen molar-refractivity contribution in [3.63, 3.8) is 0 Å². The number of carbonyl (C=O) groups excluding carboxylic acids is 1. The summed E-state index contributed by atoms with van der Waals surface area (Å²) < 4.78 is 32.2. The first-order chi connectivity index (χ1) is 11.2. The van der Waals surface area contributed by atoms with Crippen LogP contribution in [-0.2, 0) is 39.2 Å². The lowest BCUT2D eigenvalue weighted by Gasteiger charge is -2.16. The van der Waals surface area contributed by atoms with E-state index < -0.39 is 16.1 Å². The molecule has 1 N–H and O–H groups in total. The number of nitrogens with one attached hydrogen (secondary N) is 1. The van der Waals surface area contributed by atoms with Gasteiger partial charge in [0.25, 0.3) is 0 Å². The molecule has 2 rings (SSSR count). The number of hydrogen-bond donors (Lipinski definition) is 1. The van der Waals surface area contributed by atoms with Crippen LogP contribution in [0.15, 0.2) is 6.07 Å². The Labute approximate surface area is 143 Å². The minimum atomic E-state index is -3.23. The Morgan fingerprint density at radius 1 is 1.38 bits per heavy atom. The van der Waals surface area contributed by atoms with Gasteiger partial charge >= 0.3 is 0 Å².